The summed E-state index contributed by atoms with van der Waals surface area (Å²) in [4.78, 5) is 0. The maximum absolute atomic E-state index is 3.77. The summed E-state index contributed by atoms with van der Waals surface area (Å²) < 4.78 is 13.3. The summed E-state index contributed by atoms with van der Waals surface area (Å²) in [5.74, 6) is 0. The molecule has 11 aromatic carbocycles. The van der Waals surface area contributed by atoms with Crippen LogP contribution in [0.2, 0.25) is 0 Å². The Bertz CT molecular complexity index is 4420. The second-order valence-corrected chi connectivity index (χ2v) is 22.4. The van der Waals surface area contributed by atoms with E-state index in [1.54, 1.807) is 0 Å². The first-order valence-corrected chi connectivity index (χ1v) is 26.7. The molecule has 0 amide bonds. The fourth-order valence-corrected chi connectivity index (χ4v) is 18.1. The van der Waals surface area contributed by atoms with Crippen LogP contribution in [0.5, 0.6) is 0 Å². The zero-order valence-corrected chi connectivity index (χ0v) is 40.1. The Hall–Kier alpha value is -9.36. The van der Waals surface area contributed by atoms with E-state index in [0.717, 1.165) is 16.9 Å². The van der Waals surface area contributed by atoms with Crippen LogP contribution in [-0.4, -0.2) is 30.4 Å². The van der Waals surface area contributed by atoms with Crippen molar-refractivity contribution in [3.63, 3.8) is 0 Å². The van der Waals surface area contributed by atoms with Crippen LogP contribution in [0.3, 0.4) is 0 Å². The Morgan fingerprint density at radius 1 is 0.194 bits per heavy atom. The highest BCUT2D eigenvalue weighted by Gasteiger charge is 2.50. The first kappa shape index (κ1) is 39.5. The third kappa shape index (κ3) is 5.15. The van der Waals surface area contributed by atoms with Crippen molar-refractivity contribution in [3.05, 3.63) is 261 Å². The molecule has 0 N–H and O–H groups in total. The number of aromatic nitrogens is 5. The van der Waals surface area contributed by atoms with Gasteiger partial charge in [0, 0.05) is 104 Å². The molecule has 0 spiro atoms. The summed E-state index contributed by atoms with van der Waals surface area (Å²) in [5.41, 5.74) is 14.2. The second-order valence-electron chi connectivity index (χ2n) is 19.2. The Morgan fingerprint density at radius 3 is 0.806 bits per heavy atom. The lowest BCUT2D eigenvalue weighted by Crippen LogP contribution is -2.66. The molecule has 0 saturated heterocycles. The molecule has 336 valence electrons. The molecule has 5 aromatic heterocycles. The van der Waals surface area contributed by atoms with Gasteiger partial charge in [-0.2, -0.15) is 0 Å². The molecule has 0 aliphatic heterocycles. The van der Waals surface area contributed by atoms with Crippen molar-refractivity contribution in [2.75, 3.05) is 0 Å². The van der Waals surface area contributed by atoms with Crippen LogP contribution in [0.4, 0.5) is 0 Å². The van der Waals surface area contributed by atoms with Crippen molar-refractivity contribution < 1.29 is 0 Å². The monoisotopic (exact) mass is 933 g/mol. The third-order valence-electron chi connectivity index (χ3n) is 15.7. The minimum Gasteiger partial charge on any atom is -0.328 e. The zero-order chi connectivity index (χ0) is 47.1. The second kappa shape index (κ2) is 14.8. The lowest BCUT2D eigenvalue weighted by atomic mass is 10.1. The fraction of sp³-hybridized carbons (Fsp3) is 0. The molecule has 0 unspecified atom stereocenters. The number of hydrogen-bond acceptors (Lipinski definition) is 0. The molecule has 0 bridgehead atoms. The molecule has 6 heteroatoms. The average molecular weight is 934 g/mol. The van der Waals surface area contributed by atoms with E-state index in [4.69, 9.17) is 0 Å². The Labute approximate surface area is 414 Å². The van der Waals surface area contributed by atoms with Gasteiger partial charge in [0.1, 0.15) is 0 Å². The quantitative estimate of drug-likeness (QED) is 0.148. The lowest BCUT2D eigenvalue weighted by Gasteiger charge is -2.39. The van der Waals surface area contributed by atoms with Gasteiger partial charge in [0.25, 0.3) is 0 Å². The number of para-hydroxylation sites is 9. The van der Waals surface area contributed by atoms with Gasteiger partial charge in [-0.15, -0.1) is 0 Å². The van der Waals surface area contributed by atoms with Gasteiger partial charge in [-0.3, -0.25) is 0 Å². The summed E-state index contributed by atoms with van der Waals surface area (Å²) in [7, 11) is -3.77. The van der Waals surface area contributed by atoms with E-state index in [1.807, 2.05) is 0 Å². The Kier molecular flexibility index (Phi) is 8.13. The largest absolute Gasteiger partial charge is 0.428 e. The normalized spacial score (nSPS) is 12.4. The standard InChI is InChI=1S/C66H43N5Si/c1-10-31-57-47(22-1)48-23-2-11-32-58(48)68(57)45-40-41-60-56(43-45)55-30-3-12-33-59(55)67(60)44-20-19-21-46(42-44)72(69-61-34-13-4-24-49(61)50-25-5-14-35-62(50)69,70-63-36-15-6-26-51(63)52-27-7-16-37-64(52)70)71-65-38-17-8-28-53(65)54-29-9-18-39-66(54)71/h1-43H. The predicted octanol–water partition coefficient (Wildman–Crippen LogP) is 16.0. The molecule has 72 heavy (non-hydrogen) atoms. The van der Waals surface area contributed by atoms with E-state index in [9.17, 15) is 0 Å². The minimum atomic E-state index is -3.77. The lowest BCUT2D eigenvalue weighted by molar-refractivity contribution is 1.03. The molecule has 5 heterocycles. The summed E-state index contributed by atoms with van der Waals surface area (Å²) in [6.07, 6.45) is 0. The molecular weight excluding hydrogens is 891 g/mol. The van der Waals surface area contributed by atoms with Gasteiger partial charge in [0.15, 0.2) is 0 Å². The van der Waals surface area contributed by atoms with Gasteiger partial charge in [-0.1, -0.05) is 176 Å². The van der Waals surface area contributed by atoms with Crippen LogP contribution < -0.4 is 5.19 Å². The molecule has 5 nitrogen and oxygen atoms in total. The van der Waals surface area contributed by atoms with Crippen LogP contribution in [0, 0.1) is 0 Å². The predicted molar refractivity (Wildman–Crippen MR) is 305 cm³/mol. The van der Waals surface area contributed by atoms with Gasteiger partial charge in [0.2, 0.25) is 0 Å². The van der Waals surface area contributed by atoms with Crippen molar-refractivity contribution >= 4 is 123 Å². The summed E-state index contributed by atoms with van der Waals surface area (Å²) in [5, 5.41) is 13.6. The Balaban J connectivity index is 1.08. The maximum atomic E-state index is 2.79. The molecule has 16 rings (SSSR count). The third-order valence-corrected chi connectivity index (χ3v) is 20.1. The number of hydrogen-bond donors (Lipinski definition) is 0. The van der Waals surface area contributed by atoms with Crippen LogP contribution in [0.15, 0.2) is 261 Å². The van der Waals surface area contributed by atoms with Gasteiger partial charge >= 0.3 is 8.56 Å². The molecular formula is C66H43N5Si. The van der Waals surface area contributed by atoms with E-state index in [1.165, 1.54) is 109 Å². The van der Waals surface area contributed by atoms with E-state index < -0.39 is 8.56 Å². The summed E-state index contributed by atoms with van der Waals surface area (Å²) in [6.45, 7) is 0. The Morgan fingerprint density at radius 2 is 0.458 bits per heavy atom. The smallest absolute Gasteiger partial charge is 0.328 e. The summed E-state index contributed by atoms with van der Waals surface area (Å²) >= 11 is 0. The van der Waals surface area contributed by atoms with Gasteiger partial charge in [-0.25, -0.2) is 0 Å². The highest BCUT2D eigenvalue weighted by atomic mass is 28.4. The molecule has 16 aromatic rings. The zero-order valence-electron chi connectivity index (χ0n) is 39.1. The van der Waals surface area contributed by atoms with Crippen molar-refractivity contribution in [1.29, 1.82) is 0 Å². The van der Waals surface area contributed by atoms with Crippen molar-refractivity contribution in [2.45, 2.75) is 0 Å². The molecule has 0 fully saturated rings. The van der Waals surface area contributed by atoms with Crippen molar-refractivity contribution in [1.82, 2.24) is 21.8 Å². The number of benzene rings is 11. The van der Waals surface area contributed by atoms with Crippen LogP contribution in [-0.2, 0) is 0 Å². The molecule has 0 saturated carbocycles. The fourth-order valence-electron chi connectivity index (χ4n) is 12.9. The van der Waals surface area contributed by atoms with Gasteiger partial charge in [0.05, 0.1) is 22.1 Å². The molecule has 0 aliphatic carbocycles. The van der Waals surface area contributed by atoms with Crippen LogP contribution in [0.25, 0.3) is 120 Å². The average Bonchev–Trinajstić information content (AvgIpc) is 4.24. The highest BCUT2D eigenvalue weighted by Crippen LogP contribution is 2.43. The van der Waals surface area contributed by atoms with Gasteiger partial charge < -0.3 is 21.8 Å². The molecule has 0 radical (unpaired) electrons. The SMILES string of the molecule is c1cc(-n2c3ccccc3c3cc(-n4c5ccccc5c5ccccc54)ccc32)cc([Si](n2c3ccccc3c3ccccc32)(n2c3ccccc3c3ccccc32)n2c3ccccc3c3ccccc32)c1. The van der Waals surface area contributed by atoms with Gasteiger partial charge in [-0.05, 0) is 84.9 Å². The van der Waals surface area contributed by atoms with Crippen molar-refractivity contribution in [2.24, 2.45) is 0 Å². The first-order valence-electron chi connectivity index (χ1n) is 24.9. The van der Waals surface area contributed by atoms with E-state index in [2.05, 4.69) is 283 Å². The minimum absolute atomic E-state index is 1.11. The maximum Gasteiger partial charge on any atom is 0.428 e. The molecule has 0 atom stereocenters. The number of rotatable bonds is 6. The number of fused-ring (bicyclic) bond motifs is 15. The topological polar surface area (TPSA) is 24.6 Å². The molecule has 0 aliphatic rings. The highest BCUT2D eigenvalue weighted by molar-refractivity contribution is 6.91. The van der Waals surface area contributed by atoms with E-state index >= 15 is 0 Å². The summed E-state index contributed by atoms with van der Waals surface area (Å²) in [6, 6.07) is 97.6. The van der Waals surface area contributed by atoms with Crippen LogP contribution >= 0.6 is 0 Å². The first-order chi connectivity index (χ1) is 35.8. The van der Waals surface area contributed by atoms with Crippen molar-refractivity contribution in [3.8, 4) is 11.4 Å². The van der Waals surface area contributed by atoms with Crippen LogP contribution in [0.1, 0.15) is 0 Å². The van der Waals surface area contributed by atoms with E-state index in [-0.39, 0.29) is 0 Å². The number of nitrogens with zero attached hydrogens (tertiary/aromatic N) is 5. The van der Waals surface area contributed by atoms with E-state index in [0.29, 0.717) is 0 Å².